The molecule has 0 fully saturated rings. The molecule has 4 nitrogen and oxygen atoms in total. The lowest BCUT2D eigenvalue weighted by atomic mass is 9.88. The number of ether oxygens (including phenoxy) is 1. The molecule has 0 unspecified atom stereocenters. The smallest absolute Gasteiger partial charge is 0.136 e. The van der Waals surface area contributed by atoms with E-state index < -0.39 is 0 Å². The van der Waals surface area contributed by atoms with Crippen LogP contribution >= 0.6 is 22.7 Å². The van der Waals surface area contributed by atoms with Gasteiger partial charge in [-0.3, -0.25) is 0 Å². The molecule has 53 heavy (non-hydrogen) atoms. The Labute approximate surface area is 318 Å². The number of phenols is 1. The van der Waals surface area contributed by atoms with E-state index in [1.165, 1.54) is 64.0 Å². The Balaban J connectivity index is 0.000000151. The third kappa shape index (κ3) is 5.49. The molecule has 1 N–H and O–H groups in total. The molecule has 4 heterocycles. The Morgan fingerprint density at radius 2 is 1.11 bits per heavy atom. The minimum atomic E-state index is 0. The number of hydrogen-bond donors (Lipinski definition) is 1. The van der Waals surface area contributed by atoms with Gasteiger partial charge in [0.25, 0.3) is 0 Å². The molecular weight excluding hydrogens is 691 g/mol. The second-order valence-electron chi connectivity index (χ2n) is 13.2. The summed E-state index contributed by atoms with van der Waals surface area (Å²) < 4.78 is 30.7. The van der Waals surface area contributed by atoms with Crippen molar-refractivity contribution in [2.75, 3.05) is 7.11 Å². The van der Waals surface area contributed by atoms with Crippen LogP contribution in [-0.2, 0) is 0 Å². The van der Waals surface area contributed by atoms with Crippen molar-refractivity contribution in [3.05, 3.63) is 126 Å². The molecule has 0 atom stereocenters. The molecule has 10 aromatic rings. The molecule has 10 rings (SSSR count). The molecule has 0 aliphatic rings. The first kappa shape index (κ1) is 33.3. The molecule has 2 radical (unpaired) electrons. The maximum atomic E-state index is 9.70. The summed E-state index contributed by atoms with van der Waals surface area (Å²) in [5.41, 5.74) is 8.82. The van der Waals surface area contributed by atoms with Gasteiger partial charge in [0.15, 0.2) is 0 Å². The number of aromatic hydroxyl groups is 1. The molecule has 6 aromatic carbocycles. The van der Waals surface area contributed by atoms with Crippen molar-refractivity contribution in [3.63, 3.8) is 0 Å². The van der Waals surface area contributed by atoms with Crippen LogP contribution in [-0.4, -0.2) is 20.1 Å². The fourth-order valence-electron chi connectivity index (χ4n) is 7.50. The highest BCUT2D eigenvalue weighted by atomic mass is 32.1. The summed E-state index contributed by atoms with van der Waals surface area (Å²) in [7, 11) is 7.76. The van der Waals surface area contributed by atoms with Crippen LogP contribution in [0.4, 0.5) is 0 Å². The zero-order valence-electron chi connectivity index (χ0n) is 30.3. The van der Waals surface area contributed by atoms with E-state index in [-0.39, 0.29) is 19.2 Å². The molecule has 0 aliphatic heterocycles. The minimum absolute atomic E-state index is 0. The van der Waals surface area contributed by atoms with Crippen LogP contribution in [0.5, 0.6) is 11.5 Å². The number of phenolic OH excluding ortho intramolecular Hbond substituents is 1. The highest BCUT2D eigenvalue weighted by molar-refractivity contribution is 7.26. The molecule has 260 valence electrons. The Kier molecular flexibility index (Phi) is 8.29. The second kappa shape index (κ2) is 13.2. The molecule has 0 saturated heterocycles. The summed E-state index contributed by atoms with van der Waals surface area (Å²) in [5, 5.41) is 16.9. The van der Waals surface area contributed by atoms with E-state index >= 15 is 0 Å². The van der Waals surface area contributed by atoms with Crippen molar-refractivity contribution in [3.8, 4) is 33.8 Å². The zero-order chi connectivity index (χ0) is 36.7. The first-order valence-electron chi connectivity index (χ1n) is 17.5. The fourth-order valence-corrected chi connectivity index (χ4v) is 9.78. The zero-order valence-corrected chi connectivity index (χ0v) is 30.9. The predicted octanol–water partition coefficient (Wildman–Crippen LogP) is 13.3. The lowest BCUT2D eigenvalue weighted by Gasteiger charge is -2.11. The summed E-state index contributed by atoms with van der Waals surface area (Å²) in [6, 6.07) is 32.7. The second-order valence-corrected chi connectivity index (χ2v) is 15.3. The van der Waals surface area contributed by atoms with Crippen LogP contribution in [0, 0.1) is 27.7 Å². The number of fused-ring (bicyclic) bond motifs is 8. The molecule has 7 heteroatoms. The van der Waals surface area contributed by atoms with Gasteiger partial charge in [0.05, 0.1) is 8.48 Å². The first-order valence-corrected chi connectivity index (χ1v) is 18.7. The molecule has 0 bridgehead atoms. The molecule has 4 aromatic heterocycles. The monoisotopic (exact) mass is 729 g/mol. The van der Waals surface area contributed by atoms with Crippen LogP contribution in [0.1, 0.15) is 31.4 Å². The Morgan fingerprint density at radius 1 is 0.623 bits per heavy atom. The van der Waals surface area contributed by atoms with E-state index in [1.54, 1.807) is 34.8 Å². The van der Waals surface area contributed by atoms with Crippen LogP contribution in [0.2, 0.25) is 0 Å². The average Bonchev–Trinajstić information content (AvgIpc) is 3.87. The quantitative estimate of drug-likeness (QED) is 0.184. The van der Waals surface area contributed by atoms with Crippen molar-refractivity contribution in [2.24, 2.45) is 0 Å². The highest BCUT2D eigenvalue weighted by Gasteiger charge is 2.22. The summed E-state index contributed by atoms with van der Waals surface area (Å²) in [5.74, 6) is 2.55. The Hall–Kier alpha value is -5.50. The third-order valence-electron chi connectivity index (χ3n) is 10.2. The highest BCUT2D eigenvalue weighted by Crippen LogP contribution is 2.48. The maximum absolute atomic E-state index is 9.70. The summed E-state index contributed by atoms with van der Waals surface area (Å²) in [4.78, 5) is 0. The lowest BCUT2D eigenvalue weighted by Crippen LogP contribution is -2.07. The van der Waals surface area contributed by atoms with Crippen LogP contribution in [0.15, 0.2) is 112 Å². The van der Waals surface area contributed by atoms with Gasteiger partial charge in [-0.15, -0.1) is 22.7 Å². The van der Waals surface area contributed by atoms with Gasteiger partial charge in [-0.1, -0.05) is 73.6 Å². The van der Waals surface area contributed by atoms with Gasteiger partial charge in [-0.25, -0.2) is 0 Å². The largest absolute Gasteiger partial charge is 0.508 e. The standard InChI is InChI=1S/C23H17BO2S.C22H16O2S.CH4/c1-12-13(2)26-18-11-20-23(15-6-4-5-7-19(15)27-20)22(21(12)18)14-8-9-17(25-3)16(24)10-14;1-12-13(2)24-17-11-19-22(16-5-3-4-6-18(16)25-19)21(20(12)17)14-7-9-15(23)10-8-14;/h4-11H,1-3H3;3-11,23H,1-2H3;1H4/i9D;;. The van der Waals surface area contributed by atoms with Crippen LogP contribution < -0.4 is 10.2 Å². The third-order valence-corrected chi connectivity index (χ3v) is 12.4. The van der Waals surface area contributed by atoms with Crippen LogP contribution in [0.3, 0.4) is 0 Å². The topological polar surface area (TPSA) is 55.7 Å². The van der Waals surface area contributed by atoms with Crippen molar-refractivity contribution < 1.29 is 20.0 Å². The summed E-state index contributed by atoms with van der Waals surface area (Å²) in [6.07, 6.45) is 0. The molecule has 0 aliphatic carbocycles. The van der Waals surface area contributed by atoms with Gasteiger partial charge in [-0.2, -0.15) is 0 Å². The van der Waals surface area contributed by atoms with Crippen molar-refractivity contribution in [2.45, 2.75) is 35.1 Å². The molecular formula is C46H37BO4S2. The normalized spacial score (nSPS) is 11.8. The number of methoxy groups -OCH3 is 1. The number of thiophene rings is 2. The van der Waals surface area contributed by atoms with Gasteiger partial charge in [0.2, 0.25) is 0 Å². The Morgan fingerprint density at radius 3 is 1.60 bits per heavy atom. The van der Waals surface area contributed by atoms with E-state index in [9.17, 15) is 5.11 Å². The Bertz CT molecular complexity index is 3050. The van der Waals surface area contributed by atoms with E-state index in [0.29, 0.717) is 11.2 Å². The number of rotatable bonds is 3. The minimum Gasteiger partial charge on any atom is -0.508 e. The maximum Gasteiger partial charge on any atom is 0.136 e. The summed E-state index contributed by atoms with van der Waals surface area (Å²) >= 11 is 3.55. The van der Waals surface area contributed by atoms with Crippen LogP contribution in [0.25, 0.3) is 84.5 Å². The van der Waals surface area contributed by atoms with Gasteiger partial charge in [-0.05, 0) is 92.4 Å². The van der Waals surface area contributed by atoms with Crippen molar-refractivity contribution >= 4 is 98.3 Å². The van der Waals surface area contributed by atoms with Gasteiger partial charge < -0.3 is 18.7 Å². The van der Waals surface area contributed by atoms with E-state index in [4.69, 9.17) is 22.8 Å². The van der Waals surface area contributed by atoms with Crippen molar-refractivity contribution in [1.82, 2.24) is 0 Å². The number of benzene rings is 6. The fraction of sp³-hybridized carbons (Fsp3) is 0.130. The molecule has 0 amide bonds. The first-order chi connectivity index (χ1) is 25.6. The van der Waals surface area contributed by atoms with Gasteiger partial charge >= 0.3 is 0 Å². The molecule has 0 spiro atoms. The lowest BCUT2D eigenvalue weighted by molar-refractivity contribution is 0.418. The van der Waals surface area contributed by atoms with Crippen molar-refractivity contribution in [1.29, 1.82) is 0 Å². The SMILES string of the molecule is C.Cc1oc2cc3sc4ccccc4c3c(-c3ccc(O)cc3)c2c1C.[2H]c1cc(-c2c3c(C)c(C)oc3cc3sc4ccccc4c23)cc([B])c1OC. The van der Waals surface area contributed by atoms with Gasteiger partial charge in [0.1, 0.15) is 42.0 Å². The summed E-state index contributed by atoms with van der Waals surface area (Å²) in [6.45, 7) is 8.21. The number of aryl methyl sites for hydroxylation is 4. The van der Waals surface area contributed by atoms with E-state index in [0.717, 1.165) is 50.3 Å². The molecule has 0 saturated carbocycles. The number of hydrogen-bond acceptors (Lipinski definition) is 6. The number of furan rings is 2. The predicted molar refractivity (Wildman–Crippen MR) is 228 cm³/mol. The average molecular weight is 730 g/mol. The van der Waals surface area contributed by atoms with E-state index in [2.05, 4.69) is 74.5 Å². The van der Waals surface area contributed by atoms with E-state index in [1.807, 2.05) is 38.1 Å². The van der Waals surface area contributed by atoms with Gasteiger partial charge in [0, 0.05) is 62.2 Å².